The van der Waals surface area contributed by atoms with Crippen LogP contribution in [0, 0.1) is 0 Å². The first-order chi connectivity index (χ1) is 25.8. The van der Waals surface area contributed by atoms with E-state index in [2.05, 4.69) is 206 Å². The molecule has 0 unspecified atom stereocenters. The summed E-state index contributed by atoms with van der Waals surface area (Å²) in [6, 6.07) is 75.5. The van der Waals surface area contributed by atoms with Crippen molar-refractivity contribution in [2.75, 3.05) is 0 Å². The molecule has 0 fully saturated rings. The SMILES string of the molecule is c1ccc(-c2ccc(-c3c4ccccc4c(-c4cccc5ccccc45)c4cccc(-c5ccc(-c6cccc7ccccc67)cc5)c34)cc2)cc1. The van der Waals surface area contributed by atoms with Gasteiger partial charge in [-0.3, -0.25) is 0 Å². The van der Waals surface area contributed by atoms with E-state index in [4.69, 9.17) is 0 Å². The average Bonchev–Trinajstić information content (AvgIpc) is 3.23. The summed E-state index contributed by atoms with van der Waals surface area (Å²) in [6.45, 7) is 0. The summed E-state index contributed by atoms with van der Waals surface area (Å²) < 4.78 is 0. The Morgan fingerprint density at radius 3 is 1.27 bits per heavy atom. The lowest BCUT2D eigenvalue weighted by atomic mass is 9.82. The Morgan fingerprint density at radius 2 is 0.596 bits per heavy atom. The topological polar surface area (TPSA) is 0 Å². The highest BCUT2D eigenvalue weighted by molar-refractivity contribution is 6.26. The van der Waals surface area contributed by atoms with Crippen molar-refractivity contribution in [2.24, 2.45) is 0 Å². The Bertz CT molecular complexity index is 2900. The van der Waals surface area contributed by atoms with Crippen molar-refractivity contribution in [1.29, 1.82) is 0 Å². The summed E-state index contributed by atoms with van der Waals surface area (Å²) in [5.74, 6) is 0. The van der Waals surface area contributed by atoms with Crippen molar-refractivity contribution in [3.05, 3.63) is 206 Å². The second-order valence-electron chi connectivity index (χ2n) is 13.6. The third kappa shape index (κ3) is 5.00. The fourth-order valence-corrected chi connectivity index (χ4v) is 8.27. The highest BCUT2D eigenvalue weighted by atomic mass is 14.2. The van der Waals surface area contributed by atoms with Gasteiger partial charge in [0.2, 0.25) is 0 Å². The lowest BCUT2D eigenvalue weighted by Gasteiger charge is -2.21. The molecule has 0 N–H and O–H groups in total. The molecule has 0 radical (unpaired) electrons. The molecule has 242 valence electrons. The molecule has 0 spiro atoms. The summed E-state index contributed by atoms with van der Waals surface area (Å²) in [5, 5.41) is 10.1. The van der Waals surface area contributed by atoms with Crippen LogP contribution in [0.4, 0.5) is 0 Å². The summed E-state index contributed by atoms with van der Waals surface area (Å²) in [4.78, 5) is 0. The zero-order valence-electron chi connectivity index (χ0n) is 28.6. The third-order valence-corrected chi connectivity index (χ3v) is 10.7. The van der Waals surface area contributed by atoms with Crippen molar-refractivity contribution in [3.8, 4) is 55.6 Å². The van der Waals surface area contributed by atoms with Gasteiger partial charge in [0.05, 0.1) is 0 Å². The molecule has 0 saturated carbocycles. The van der Waals surface area contributed by atoms with Crippen LogP contribution in [0.25, 0.3) is 98.7 Å². The predicted octanol–water partition coefficient (Wildman–Crippen LogP) is 14.6. The normalized spacial score (nSPS) is 11.5. The molecule has 10 rings (SSSR count). The van der Waals surface area contributed by atoms with Crippen molar-refractivity contribution < 1.29 is 0 Å². The molecule has 0 saturated heterocycles. The van der Waals surface area contributed by atoms with Gasteiger partial charge in [0.1, 0.15) is 0 Å². The second-order valence-corrected chi connectivity index (χ2v) is 13.6. The van der Waals surface area contributed by atoms with E-state index in [1.165, 1.54) is 98.7 Å². The summed E-state index contributed by atoms with van der Waals surface area (Å²) >= 11 is 0. The van der Waals surface area contributed by atoms with Crippen LogP contribution < -0.4 is 0 Å². The van der Waals surface area contributed by atoms with E-state index in [1.807, 2.05) is 0 Å². The molecule has 0 aliphatic carbocycles. The summed E-state index contributed by atoms with van der Waals surface area (Å²) in [6.07, 6.45) is 0. The summed E-state index contributed by atoms with van der Waals surface area (Å²) in [7, 11) is 0. The van der Waals surface area contributed by atoms with E-state index in [0.717, 1.165) is 0 Å². The molecule has 0 aromatic heterocycles. The van der Waals surface area contributed by atoms with Gasteiger partial charge in [-0.25, -0.2) is 0 Å². The van der Waals surface area contributed by atoms with E-state index in [9.17, 15) is 0 Å². The number of hydrogen-bond acceptors (Lipinski definition) is 0. The van der Waals surface area contributed by atoms with Crippen LogP contribution in [-0.2, 0) is 0 Å². The molecule has 0 heterocycles. The highest BCUT2D eigenvalue weighted by Gasteiger charge is 2.21. The van der Waals surface area contributed by atoms with Gasteiger partial charge in [-0.05, 0) is 98.7 Å². The number of rotatable bonds is 5. The molecule has 0 amide bonds. The smallest absolute Gasteiger partial charge is 0.00141 e. The molecule has 10 aromatic rings. The van der Waals surface area contributed by atoms with Crippen molar-refractivity contribution in [1.82, 2.24) is 0 Å². The van der Waals surface area contributed by atoms with E-state index in [-0.39, 0.29) is 0 Å². The second kappa shape index (κ2) is 12.5. The first-order valence-electron chi connectivity index (χ1n) is 18.0. The molecule has 0 aliphatic rings. The van der Waals surface area contributed by atoms with Crippen LogP contribution in [-0.4, -0.2) is 0 Å². The van der Waals surface area contributed by atoms with Crippen LogP contribution in [0.1, 0.15) is 0 Å². The predicted molar refractivity (Wildman–Crippen MR) is 224 cm³/mol. The van der Waals surface area contributed by atoms with Crippen LogP contribution in [0.3, 0.4) is 0 Å². The molecule has 10 aromatic carbocycles. The van der Waals surface area contributed by atoms with Crippen molar-refractivity contribution >= 4 is 43.1 Å². The van der Waals surface area contributed by atoms with E-state index in [1.54, 1.807) is 0 Å². The Balaban J connectivity index is 1.26. The maximum atomic E-state index is 2.33. The van der Waals surface area contributed by atoms with Crippen LogP contribution in [0.5, 0.6) is 0 Å². The van der Waals surface area contributed by atoms with Gasteiger partial charge in [0.25, 0.3) is 0 Å². The average molecular weight is 659 g/mol. The van der Waals surface area contributed by atoms with Gasteiger partial charge in [-0.2, -0.15) is 0 Å². The van der Waals surface area contributed by atoms with Crippen LogP contribution in [0.15, 0.2) is 206 Å². The maximum Gasteiger partial charge on any atom is -0.00141 e. The van der Waals surface area contributed by atoms with Gasteiger partial charge < -0.3 is 0 Å². The minimum Gasteiger partial charge on any atom is -0.0622 e. The van der Waals surface area contributed by atoms with Gasteiger partial charge in [-0.1, -0.05) is 206 Å². The molecule has 52 heavy (non-hydrogen) atoms. The van der Waals surface area contributed by atoms with Gasteiger partial charge in [0, 0.05) is 0 Å². The monoisotopic (exact) mass is 658 g/mol. The van der Waals surface area contributed by atoms with Crippen LogP contribution in [0.2, 0.25) is 0 Å². The van der Waals surface area contributed by atoms with Crippen LogP contribution >= 0.6 is 0 Å². The number of fused-ring (bicyclic) bond motifs is 4. The minimum absolute atomic E-state index is 1.20. The first kappa shape index (κ1) is 30.1. The quantitative estimate of drug-likeness (QED) is 0.161. The Kier molecular flexibility index (Phi) is 7.25. The van der Waals surface area contributed by atoms with Gasteiger partial charge >= 0.3 is 0 Å². The Hall–Kier alpha value is -6.76. The zero-order chi connectivity index (χ0) is 34.4. The lowest BCUT2D eigenvalue weighted by Crippen LogP contribution is -1.94. The minimum atomic E-state index is 1.20. The Labute approximate surface area is 303 Å². The molecule has 0 aliphatic heterocycles. The number of hydrogen-bond donors (Lipinski definition) is 0. The largest absolute Gasteiger partial charge is 0.0622 e. The van der Waals surface area contributed by atoms with Crippen molar-refractivity contribution in [3.63, 3.8) is 0 Å². The lowest BCUT2D eigenvalue weighted by molar-refractivity contribution is 1.60. The number of benzene rings is 10. The van der Waals surface area contributed by atoms with Gasteiger partial charge in [-0.15, -0.1) is 0 Å². The van der Waals surface area contributed by atoms with Crippen molar-refractivity contribution in [2.45, 2.75) is 0 Å². The Morgan fingerprint density at radius 1 is 0.192 bits per heavy atom. The zero-order valence-corrected chi connectivity index (χ0v) is 28.6. The van der Waals surface area contributed by atoms with E-state index >= 15 is 0 Å². The highest BCUT2D eigenvalue weighted by Crippen LogP contribution is 2.48. The molecular formula is C52H34. The molecule has 0 nitrogen and oxygen atoms in total. The van der Waals surface area contributed by atoms with E-state index in [0.29, 0.717) is 0 Å². The molecule has 0 heteroatoms. The third-order valence-electron chi connectivity index (χ3n) is 10.7. The van der Waals surface area contributed by atoms with Gasteiger partial charge in [0.15, 0.2) is 0 Å². The summed E-state index contributed by atoms with van der Waals surface area (Å²) in [5.41, 5.74) is 12.4. The fraction of sp³-hybridized carbons (Fsp3) is 0. The molecule has 0 atom stereocenters. The maximum absolute atomic E-state index is 2.33. The van der Waals surface area contributed by atoms with E-state index < -0.39 is 0 Å². The first-order valence-corrected chi connectivity index (χ1v) is 18.0. The molecular weight excluding hydrogens is 625 g/mol. The molecule has 0 bridgehead atoms. The fourth-order valence-electron chi connectivity index (χ4n) is 8.27. The standard InChI is InChI=1S/C52H34/c1-2-13-35(14-3-1)36-27-33-41(34-28-36)50-47-21-8-9-22-48(47)51(46-25-11-18-38-16-5-7-20-44(38)46)49-26-12-24-45(52(49)50)40-31-29-39(30-32-40)43-23-10-17-37-15-4-6-19-42(37)43/h1-34H.